The van der Waals surface area contributed by atoms with Crippen LogP contribution >= 0.6 is 23.2 Å². The maximum atomic E-state index is 12.6. The van der Waals surface area contributed by atoms with Crippen LogP contribution in [0.25, 0.3) is 0 Å². The largest absolute Gasteiger partial charge is 0.351 e. The Morgan fingerprint density at radius 2 is 1.77 bits per heavy atom. The molecule has 5 nitrogen and oxygen atoms in total. The van der Waals surface area contributed by atoms with Crippen molar-refractivity contribution in [1.29, 1.82) is 0 Å². The first-order chi connectivity index (χ1) is 12.1. The lowest BCUT2D eigenvalue weighted by molar-refractivity contribution is -0.121. The molecule has 0 atom stereocenters. The number of aryl methyl sites for hydroxylation is 2. The van der Waals surface area contributed by atoms with Gasteiger partial charge in [-0.25, -0.2) is 8.42 Å². The van der Waals surface area contributed by atoms with Crippen LogP contribution in [0, 0.1) is 13.8 Å². The van der Waals surface area contributed by atoms with Crippen molar-refractivity contribution in [2.45, 2.75) is 25.3 Å². The van der Waals surface area contributed by atoms with Crippen molar-refractivity contribution in [2.24, 2.45) is 0 Å². The summed E-state index contributed by atoms with van der Waals surface area (Å²) in [6.45, 7) is 3.65. The third-order valence-electron chi connectivity index (χ3n) is 4.04. The van der Waals surface area contributed by atoms with Crippen LogP contribution in [-0.4, -0.2) is 32.2 Å². The summed E-state index contributed by atoms with van der Waals surface area (Å²) in [6, 6.07) is 9.86. The van der Waals surface area contributed by atoms with Gasteiger partial charge in [0.25, 0.3) is 0 Å². The molecule has 2 rings (SSSR count). The molecule has 0 spiro atoms. The van der Waals surface area contributed by atoms with E-state index >= 15 is 0 Å². The molecular formula is C18H20Cl2N2O3S. The quantitative estimate of drug-likeness (QED) is 0.785. The highest BCUT2D eigenvalue weighted by Crippen LogP contribution is 2.21. The van der Waals surface area contributed by atoms with Crippen molar-refractivity contribution < 1.29 is 13.2 Å². The van der Waals surface area contributed by atoms with Gasteiger partial charge < -0.3 is 5.32 Å². The molecule has 26 heavy (non-hydrogen) atoms. The SMILES string of the molecule is Cc1ccc(S(=O)(=O)N(C)CC(=O)NCc2ccc(Cl)cc2Cl)cc1C. The number of halogens is 2. The lowest BCUT2D eigenvalue weighted by Crippen LogP contribution is -2.38. The lowest BCUT2D eigenvalue weighted by atomic mass is 10.1. The Bertz CT molecular complexity index is 930. The molecule has 0 aromatic heterocycles. The zero-order valence-corrected chi connectivity index (χ0v) is 17.0. The maximum absolute atomic E-state index is 12.6. The van der Waals surface area contributed by atoms with Crippen LogP contribution < -0.4 is 5.32 Å². The number of rotatable bonds is 6. The highest BCUT2D eigenvalue weighted by Gasteiger charge is 2.23. The van der Waals surface area contributed by atoms with E-state index in [1.54, 1.807) is 36.4 Å². The molecule has 0 aliphatic carbocycles. The molecule has 1 amide bonds. The van der Waals surface area contributed by atoms with E-state index in [9.17, 15) is 13.2 Å². The normalized spacial score (nSPS) is 11.6. The Morgan fingerprint density at radius 3 is 2.38 bits per heavy atom. The molecule has 8 heteroatoms. The predicted octanol–water partition coefficient (Wildman–Crippen LogP) is 3.55. The van der Waals surface area contributed by atoms with Crippen LogP contribution in [0.3, 0.4) is 0 Å². The Kier molecular flexibility index (Phi) is 6.69. The number of nitrogens with one attached hydrogen (secondary N) is 1. The molecule has 0 fully saturated rings. The van der Waals surface area contributed by atoms with E-state index in [2.05, 4.69) is 5.32 Å². The third kappa shape index (κ3) is 4.98. The first-order valence-electron chi connectivity index (χ1n) is 7.85. The van der Waals surface area contributed by atoms with E-state index in [1.165, 1.54) is 7.05 Å². The standard InChI is InChI=1S/C18H20Cl2N2O3S/c1-12-4-7-16(8-13(12)2)26(24,25)22(3)11-18(23)21-10-14-5-6-15(19)9-17(14)20/h4-9H,10-11H2,1-3H3,(H,21,23). The zero-order valence-electron chi connectivity index (χ0n) is 14.7. The lowest BCUT2D eigenvalue weighted by Gasteiger charge is -2.17. The number of hydrogen-bond acceptors (Lipinski definition) is 3. The third-order valence-corrected chi connectivity index (χ3v) is 6.43. The molecule has 0 saturated heterocycles. The van der Waals surface area contributed by atoms with Gasteiger partial charge in [-0.2, -0.15) is 4.31 Å². The zero-order chi connectivity index (χ0) is 19.5. The summed E-state index contributed by atoms with van der Waals surface area (Å²) in [5, 5.41) is 3.60. The highest BCUT2D eigenvalue weighted by atomic mass is 35.5. The second kappa shape index (κ2) is 8.39. The number of nitrogens with zero attached hydrogens (tertiary/aromatic N) is 1. The summed E-state index contributed by atoms with van der Waals surface area (Å²) in [7, 11) is -2.37. The maximum Gasteiger partial charge on any atom is 0.243 e. The van der Waals surface area contributed by atoms with Crippen molar-refractivity contribution in [3.05, 3.63) is 63.1 Å². The summed E-state index contributed by atoms with van der Waals surface area (Å²) in [5.41, 5.74) is 2.58. The summed E-state index contributed by atoms with van der Waals surface area (Å²) < 4.78 is 26.2. The number of carbonyl (C=O) groups is 1. The van der Waals surface area contributed by atoms with Crippen molar-refractivity contribution >= 4 is 39.1 Å². The molecule has 0 heterocycles. The van der Waals surface area contributed by atoms with Crippen molar-refractivity contribution in [1.82, 2.24) is 9.62 Å². The van der Waals surface area contributed by atoms with Crippen LogP contribution in [0.2, 0.25) is 10.0 Å². The van der Waals surface area contributed by atoms with Crippen molar-refractivity contribution in [3.8, 4) is 0 Å². The molecule has 0 aliphatic rings. The first kappa shape index (κ1) is 20.7. The molecule has 1 N–H and O–H groups in total. The van der Waals surface area contributed by atoms with Crippen LogP contribution in [0.4, 0.5) is 0 Å². The minimum atomic E-state index is -3.74. The molecule has 0 saturated carbocycles. The van der Waals surface area contributed by atoms with Gasteiger partial charge in [0.05, 0.1) is 11.4 Å². The van der Waals surface area contributed by atoms with E-state index in [1.807, 2.05) is 13.8 Å². The fourth-order valence-electron chi connectivity index (χ4n) is 2.26. The van der Waals surface area contributed by atoms with E-state index in [-0.39, 0.29) is 18.0 Å². The Morgan fingerprint density at radius 1 is 1.08 bits per heavy atom. The minimum absolute atomic E-state index is 0.164. The molecular weight excluding hydrogens is 395 g/mol. The minimum Gasteiger partial charge on any atom is -0.351 e. The molecule has 2 aromatic carbocycles. The molecule has 0 bridgehead atoms. The topological polar surface area (TPSA) is 66.5 Å². The van der Waals surface area contributed by atoms with Gasteiger partial charge in [-0.05, 0) is 54.8 Å². The second-order valence-corrected chi connectivity index (χ2v) is 8.91. The first-order valence-corrected chi connectivity index (χ1v) is 10.0. The van der Waals surface area contributed by atoms with Gasteiger partial charge in [0, 0.05) is 23.6 Å². The van der Waals surface area contributed by atoms with Crippen LogP contribution in [0.15, 0.2) is 41.3 Å². The van der Waals surface area contributed by atoms with Crippen molar-refractivity contribution in [2.75, 3.05) is 13.6 Å². The van der Waals surface area contributed by atoms with Crippen LogP contribution in [-0.2, 0) is 21.4 Å². The monoisotopic (exact) mass is 414 g/mol. The fourth-order valence-corrected chi connectivity index (χ4v) is 3.94. The number of hydrogen-bond donors (Lipinski definition) is 1. The van der Waals surface area contributed by atoms with E-state index in [0.717, 1.165) is 15.4 Å². The summed E-state index contributed by atoms with van der Waals surface area (Å²) >= 11 is 11.9. The average molecular weight is 415 g/mol. The van der Waals surface area contributed by atoms with Gasteiger partial charge >= 0.3 is 0 Å². The van der Waals surface area contributed by atoms with Gasteiger partial charge in [-0.15, -0.1) is 0 Å². The van der Waals surface area contributed by atoms with Crippen LogP contribution in [0.1, 0.15) is 16.7 Å². The summed E-state index contributed by atoms with van der Waals surface area (Å²) in [6.07, 6.45) is 0. The molecule has 140 valence electrons. The number of benzene rings is 2. The van der Waals surface area contributed by atoms with E-state index in [4.69, 9.17) is 23.2 Å². The van der Waals surface area contributed by atoms with E-state index < -0.39 is 15.9 Å². The Hall–Kier alpha value is -1.60. The van der Waals surface area contributed by atoms with Gasteiger partial charge in [0.1, 0.15) is 0 Å². The number of carbonyl (C=O) groups excluding carboxylic acids is 1. The van der Waals surface area contributed by atoms with Gasteiger partial charge in [-0.3, -0.25) is 4.79 Å². The fraction of sp³-hybridized carbons (Fsp3) is 0.278. The average Bonchev–Trinajstić information content (AvgIpc) is 2.56. The second-order valence-electron chi connectivity index (χ2n) is 6.02. The van der Waals surface area contributed by atoms with E-state index in [0.29, 0.717) is 15.6 Å². The molecule has 0 aliphatic heterocycles. The number of likely N-dealkylation sites (N-methyl/N-ethyl adjacent to an activating group) is 1. The number of amides is 1. The van der Waals surface area contributed by atoms with Crippen molar-refractivity contribution in [3.63, 3.8) is 0 Å². The van der Waals surface area contributed by atoms with Gasteiger partial charge in [0.2, 0.25) is 15.9 Å². The molecule has 0 unspecified atom stereocenters. The van der Waals surface area contributed by atoms with Gasteiger partial charge in [0.15, 0.2) is 0 Å². The highest BCUT2D eigenvalue weighted by molar-refractivity contribution is 7.89. The Balaban J connectivity index is 2.02. The Labute approximate surface area is 164 Å². The summed E-state index contributed by atoms with van der Waals surface area (Å²) in [5.74, 6) is -0.425. The number of sulfonamides is 1. The van der Waals surface area contributed by atoms with Crippen LogP contribution in [0.5, 0.6) is 0 Å². The predicted molar refractivity (Wildman–Crippen MR) is 104 cm³/mol. The molecule has 0 radical (unpaired) electrons. The summed E-state index contributed by atoms with van der Waals surface area (Å²) in [4.78, 5) is 12.3. The van der Waals surface area contributed by atoms with Gasteiger partial charge in [-0.1, -0.05) is 35.3 Å². The molecule has 2 aromatic rings. The smallest absolute Gasteiger partial charge is 0.243 e.